The summed E-state index contributed by atoms with van der Waals surface area (Å²) in [4.78, 5) is 0. The van der Waals surface area contributed by atoms with Gasteiger partial charge >= 0.3 is 8.80 Å². The zero-order valence-corrected chi connectivity index (χ0v) is 13.1. The van der Waals surface area contributed by atoms with Gasteiger partial charge in [0.15, 0.2) is 0 Å². The second-order valence-corrected chi connectivity index (χ2v) is 7.24. The van der Waals surface area contributed by atoms with Crippen molar-refractivity contribution in [3.8, 4) is 0 Å². The molecule has 0 aromatic rings. The van der Waals surface area contributed by atoms with E-state index in [0.29, 0.717) is 25.9 Å². The van der Waals surface area contributed by atoms with Crippen LogP contribution in [-0.4, -0.2) is 41.3 Å². The Morgan fingerprint density at radius 2 is 1.67 bits per heavy atom. The summed E-state index contributed by atoms with van der Waals surface area (Å²) in [5, 5.41) is 0. The van der Waals surface area contributed by atoms with E-state index in [0.717, 1.165) is 25.5 Å². The Balaban J connectivity index is 2.37. The molecule has 0 spiro atoms. The molecule has 0 aromatic carbocycles. The highest BCUT2D eigenvalue weighted by atomic mass is 28.4. The molecule has 1 fully saturated rings. The zero-order valence-electron chi connectivity index (χ0n) is 12.1. The second-order valence-electron chi connectivity index (χ2n) is 4.51. The molecule has 108 valence electrons. The first-order valence-electron chi connectivity index (χ1n) is 7.29. The molecule has 0 bridgehead atoms. The smallest absolute Gasteiger partial charge is 0.378 e. The van der Waals surface area contributed by atoms with Crippen molar-refractivity contribution in [3.63, 3.8) is 0 Å². The van der Waals surface area contributed by atoms with Gasteiger partial charge in [0, 0.05) is 32.5 Å². The summed E-state index contributed by atoms with van der Waals surface area (Å²) >= 11 is 0. The predicted octanol–water partition coefficient (Wildman–Crippen LogP) is 2.99. The standard InChI is InChI=1S/C13H28O4Si/c1-4-15-18(16-5-2,17-6-3)12-8-10-13-9-7-11-14-13/h13H,4-12H2,1-3H3. The molecule has 1 unspecified atom stereocenters. The Morgan fingerprint density at radius 1 is 1.06 bits per heavy atom. The zero-order chi connectivity index (χ0) is 13.3. The van der Waals surface area contributed by atoms with Gasteiger partial charge in [-0.2, -0.15) is 0 Å². The van der Waals surface area contributed by atoms with E-state index >= 15 is 0 Å². The molecule has 0 amide bonds. The van der Waals surface area contributed by atoms with Crippen LogP contribution in [0, 0.1) is 0 Å². The first-order valence-corrected chi connectivity index (χ1v) is 9.23. The van der Waals surface area contributed by atoms with Gasteiger partial charge in [0.05, 0.1) is 6.10 Å². The van der Waals surface area contributed by atoms with Crippen LogP contribution in [0.2, 0.25) is 6.04 Å². The molecule has 0 aromatic heterocycles. The van der Waals surface area contributed by atoms with Crippen LogP contribution in [0.3, 0.4) is 0 Å². The molecule has 18 heavy (non-hydrogen) atoms. The summed E-state index contributed by atoms with van der Waals surface area (Å²) in [5.41, 5.74) is 0. The molecule has 1 aliphatic rings. The van der Waals surface area contributed by atoms with E-state index < -0.39 is 8.80 Å². The normalized spacial score (nSPS) is 20.5. The van der Waals surface area contributed by atoms with Crippen LogP contribution in [0.15, 0.2) is 0 Å². The number of hydrogen-bond acceptors (Lipinski definition) is 4. The summed E-state index contributed by atoms with van der Waals surface area (Å²) in [5.74, 6) is 0. The Kier molecular flexibility index (Phi) is 8.09. The van der Waals surface area contributed by atoms with Crippen molar-refractivity contribution in [1.82, 2.24) is 0 Å². The van der Waals surface area contributed by atoms with Crippen LogP contribution < -0.4 is 0 Å². The van der Waals surface area contributed by atoms with Gasteiger partial charge in [0.25, 0.3) is 0 Å². The van der Waals surface area contributed by atoms with Crippen molar-refractivity contribution in [2.75, 3.05) is 26.4 Å². The van der Waals surface area contributed by atoms with Gasteiger partial charge in [-0.15, -0.1) is 0 Å². The second kappa shape index (κ2) is 9.04. The fourth-order valence-electron chi connectivity index (χ4n) is 2.42. The van der Waals surface area contributed by atoms with E-state index in [1.54, 1.807) is 0 Å². The lowest BCUT2D eigenvalue weighted by molar-refractivity contribution is 0.0672. The van der Waals surface area contributed by atoms with Gasteiger partial charge in [-0.05, 0) is 46.5 Å². The largest absolute Gasteiger partial charge is 0.500 e. The molecule has 4 nitrogen and oxygen atoms in total. The number of ether oxygens (including phenoxy) is 1. The third-order valence-electron chi connectivity index (χ3n) is 3.13. The lowest BCUT2D eigenvalue weighted by Crippen LogP contribution is -2.46. The average Bonchev–Trinajstić information content (AvgIpc) is 2.83. The van der Waals surface area contributed by atoms with Crippen LogP contribution in [0.5, 0.6) is 0 Å². The minimum absolute atomic E-state index is 0.446. The van der Waals surface area contributed by atoms with E-state index in [2.05, 4.69) is 0 Å². The number of hydrogen-bond donors (Lipinski definition) is 0. The van der Waals surface area contributed by atoms with Crippen molar-refractivity contribution in [2.45, 2.75) is 58.6 Å². The van der Waals surface area contributed by atoms with E-state index in [1.165, 1.54) is 12.8 Å². The number of rotatable bonds is 10. The van der Waals surface area contributed by atoms with E-state index in [9.17, 15) is 0 Å². The third-order valence-corrected chi connectivity index (χ3v) is 6.28. The van der Waals surface area contributed by atoms with Gasteiger partial charge in [0.1, 0.15) is 0 Å². The lowest BCUT2D eigenvalue weighted by atomic mass is 10.1. The average molecular weight is 276 g/mol. The van der Waals surface area contributed by atoms with Gasteiger partial charge < -0.3 is 18.0 Å². The molecular weight excluding hydrogens is 248 g/mol. The monoisotopic (exact) mass is 276 g/mol. The fourth-order valence-corrected chi connectivity index (χ4v) is 5.06. The molecule has 1 heterocycles. The minimum Gasteiger partial charge on any atom is -0.378 e. The third kappa shape index (κ3) is 5.36. The summed E-state index contributed by atoms with van der Waals surface area (Å²) in [7, 11) is -2.42. The fraction of sp³-hybridized carbons (Fsp3) is 1.00. The van der Waals surface area contributed by atoms with Crippen molar-refractivity contribution < 1.29 is 18.0 Å². The summed E-state index contributed by atoms with van der Waals surface area (Å²) < 4.78 is 23.1. The van der Waals surface area contributed by atoms with Gasteiger partial charge in [-0.3, -0.25) is 0 Å². The van der Waals surface area contributed by atoms with Gasteiger partial charge in [0.2, 0.25) is 0 Å². The van der Waals surface area contributed by atoms with Crippen molar-refractivity contribution in [1.29, 1.82) is 0 Å². The summed E-state index contributed by atoms with van der Waals surface area (Å²) in [6, 6.07) is 0.905. The molecule has 1 saturated heterocycles. The van der Waals surface area contributed by atoms with E-state index in [1.807, 2.05) is 20.8 Å². The van der Waals surface area contributed by atoms with Crippen LogP contribution in [0.1, 0.15) is 46.5 Å². The van der Waals surface area contributed by atoms with E-state index in [4.69, 9.17) is 18.0 Å². The molecule has 0 saturated carbocycles. The van der Waals surface area contributed by atoms with Crippen LogP contribution >= 0.6 is 0 Å². The Bertz CT molecular complexity index is 190. The van der Waals surface area contributed by atoms with Crippen LogP contribution in [0.25, 0.3) is 0 Å². The maximum Gasteiger partial charge on any atom is 0.500 e. The van der Waals surface area contributed by atoms with Crippen LogP contribution in [-0.2, 0) is 18.0 Å². The summed E-state index contributed by atoms with van der Waals surface area (Å²) in [6.45, 7) is 8.90. The molecule has 5 heteroatoms. The Morgan fingerprint density at radius 3 is 2.11 bits per heavy atom. The first kappa shape index (κ1) is 16.1. The minimum atomic E-state index is -2.42. The topological polar surface area (TPSA) is 36.9 Å². The van der Waals surface area contributed by atoms with E-state index in [-0.39, 0.29) is 0 Å². The van der Waals surface area contributed by atoms with Crippen LogP contribution in [0.4, 0.5) is 0 Å². The maximum absolute atomic E-state index is 5.83. The van der Waals surface area contributed by atoms with Crippen molar-refractivity contribution in [3.05, 3.63) is 0 Å². The Hall–Kier alpha value is 0.0569. The molecular formula is C13H28O4Si. The predicted molar refractivity (Wildman–Crippen MR) is 73.6 cm³/mol. The highest BCUT2D eigenvalue weighted by Gasteiger charge is 2.39. The SMILES string of the molecule is CCO[Si](CCCC1CCCO1)(OCC)OCC. The Labute approximate surface area is 112 Å². The van der Waals surface area contributed by atoms with Gasteiger partial charge in [-0.1, -0.05) is 0 Å². The lowest BCUT2D eigenvalue weighted by Gasteiger charge is -2.28. The molecule has 1 aliphatic heterocycles. The molecule has 1 atom stereocenters. The first-order chi connectivity index (χ1) is 8.76. The molecule has 1 rings (SSSR count). The molecule has 0 radical (unpaired) electrons. The highest BCUT2D eigenvalue weighted by Crippen LogP contribution is 2.23. The molecule has 0 N–H and O–H groups in total. The maximum atomic E-state index is 5.83. The quantitative estimate of drug-likeness (QED) is 0.575. The van der Waals surface area contributed by atoms with Crippen molar-refractivity contribution in [2.24, 2.45) is 0 Å². The summed E-state index contributed by atoms with van der Waals surface area (Å²) in [6.07, 6.45) is 5.02. The van der Waals surface area contributed by atoms with Crippen molar-refractivity contribution >= 4 is 8.80 Å². The van der Waals surface area contributed by atoms with Gasteiger partial charge in [-0.25, -0.2) is 0 Å². The molecule has 0 aliphatic carbocycles. The highest BCUT2D eigenvalue weighted by molar-refractivity contribution is 6.60.